The lowest BCUT2D eigenvalue weighted by Crippen LogP contribution is -2.55. The maximum atomic E-state index is 12.9. The zero-order valence-corrected chi connectivity index (χ0v) is 15.4. The predicted molar refractivity (Wildman–Crippen MR) is 96.6 cm³/mol. The highest BCUT2D eigenvalue weighted by Crippen LogP contribution is 2.15. The molecule has 1 saturated heterocycles. The molecule has 6 nitrogen and oxygen atoms in total. The molecule has 1 aromatic rings. The Kier molecular flexibility index (Phi) is 7.25. The lowest BCUT2D eigenvalue weighted by Gasteiger charge is -2.34. The average Bonchev–Trinajstić information content (AvgIpc) is 3.13. The molecule has 0 spiro atoms. The summed E-state index contributed by atoms with van der Waals surface area (Å²) < 4.78 is 5.26. The maximum Gasteiger partial charge on any atom is 0.408 e. The summed E-state index contributed by atoms with van der Waals surface area (Å²) in [5.74, 6) is -0.0931. The SMILES string of the molecule is CCN(C(=O)[C@@H](NC(=O)OCc1ccccc1)C(C)C)N1CCCC1. The highest BCUT2D eigenvalue weighted by Gasteiger charge is 2.32. The van der Waals surface area contributed by atoms with E-state index in [0.717, 1.165) is 31.5 Å². The van der Waals surface area contributed by atoms with E-state index < -0.39 is 12.1 Å². The molecule has 0 aromatic heterocycles. The number of hydrogen-bond acceptors (Lipinski definition) is 4. The number of benzene rings is 1. The van der Waals surface area contributed by atoms with Gasteiger partial charge in [-0.1, -0.05) is 44.2 Å². The fourth-order valence-corrected chi connectivity index (χ4v) is 3.00. The van der Waals surface area contributed by atoms with Crippen LogP contribution in [-0.4, -0.2) is 47.7 Å². The van der Waals surface area contributed by atoms with E-state index in [1.54, 1.807) is 5.01 Å². The van der Waals surface area contributed by atoms with E-state index in [1.807, 2.05) is 51.1 Å². The lowest BCUT2D eigenvalue weighted by molar-refractivity contribution is -0.150. The van der Waals surface area contributed by atoms with Crippen LogP contribution in [0.1, 0.15) is 39.2 Å². The Labute approximate surface area is 150 Å². The van der Waals surface area contributed by atoms with E-state index in [2.05, 4.69) is 10.3 Å². The molecule has 0 bridgehead atoms. The van der Waals surface area contributed by atoms with Gasteiger partial charge in [0, 0.05) is 19.6 Å². The van der Waals surface area contributed by atoms with E-state index >= 15 is 0 Å². The highest BCUT2D eigenvalue weighted by atomic mass is 16.5. The van der Waals surface area contributed by atoms with Crippen LogP contribution >= 0.6 is 0 Å². The van der Waals surface area contributed by atoms with Gasteiger partial charge < -0.3 is 10.1 Å². The molecule has 2 rings (SSSR count). The summed E-state index contributed by atoms with van der Waals surface area (Å²) in [5, 5.41) is 6.58. The van der Waals surface area contributed by atoms with Gasteiger partial charge in [-0.05, 0) is 31.2 Å². The summed E-state index contributed by atoms with van der Waals surface area (Å²) >= 11 is 0. The molecule has 138 valence electrons. The average molecular weight is 347 g/mol. The van der Waals surface area contributed by atoms with Gasteiger partial charge in [0.1, 0.15) is 12.6 Å². The minimum Gasteiger partial charge on any atom is -0.445 e. The topological polar surface area (TPSA) is 61.9 Å². The smallest absolute Gasteiger partial charge is 0.408 e. The summed E-state index contributed by atoms with van der Waals surface area (Å²) in [5.41, 5.74) is 0.914. The lowest BCUT2D eigenvalue weighted by atomic mass is 10.0. The highest BCUT2D eigenvalue weighted by molar-refractivity contribution is 5.85. The Morgan fingerprint density at radius 1 is 1.20 bits per heavy atom. The largest absolute Gasteiger partial charge is 0.445 e. The first-order valence-electron chi connectivity index (χ1n) is 9.06. The van der Waals surface area contributed by atoms with Gasteiger partial charge in [0.25, 0.3) is 5.91 Å². The van der Waals surface area contributed by atoms with E-state index in [0.29, 0.717) is 6.54 Å². The van der Waals surface area contributed by atoms with Crippen LogP contribution in [0, 0.1) is 5.92 Å². The van der Waals surface area contributed by atoms with Gasteiger partial charge in [-0.2, -0.15) is 0 Å². The van der Waals surface area contributed by atoms with Crippen LogP contribution in [0.5, 0.6) is 0 Å². The van der Waals surface area contributed by atoms with Crippen molar-refractivity contribution in [3.63, 3.8) is 0 Å². The van der Waals surface area contributed by atoms with Crippen molar-refractivity contribution in [1.82, 2.24) is 15.3 Å². The molecule has 1 aromatic carbocycles. The molecule has 25 heavy (non-hydrogen) atoms. The molecule has 1 heterocycles. The third-order valence-corrected chi connectivity index (χ3v) is 4.40. The molecule has 0 unspecified atom stereocenters. The first-order valence-corrected chi connectivity index (χ1v) is 9.06. The van der Waals surface area contributed by atoms with Crippen molar-refractivity contribution in [3.8, 4) is 0 Å². The number of carbonyl (C=O) groups excluding carboxylic acids is 2. The quantitative estimate of drug-likeness (QED) is 0.824. The number of amides is 2. The number of alkyl carbamates (subject to hydrolysis) is 1. The summed E-state index contributed by atoms with van der Waals surface area (Å²) in [4.78, 5) is 25.1. The van der Waals surface area contributed by atoms with Crippen LogP contribution in [0.3, 0.4) is 0 Å². The zero-order valence-electron chi connectivity index (χ0n) is 15.4. The molecule has 1 fully saturated rings. The van der Waals surface area contributed by atoms with Gasteiger partial charge in [-0.3, -0.25) is 9.80 Å². The number of ether oxygens (including phenoxy) is 1. The summed E-state index contributed by atoms with van der Waals surface area (Å²) in [6.45, 7) is 8.39. The first-order chi connectivity index (χ1) is 12.0. The summed E-state index contributed by atoms with van der Waals surface area (Å²) in [6.07, 6.45) is 1.64. The standard InChI is InChI=1S/C19H29N3O3/c1-4-22(21-12-8-9-13-21)18(23)17(15(2)3)20-19(24)25-14-16-10-6-5-7-11-16/h5-7,10-11,15,17H,4,8-9,12-14H2,1-3H3,(H,20,24)/t17-/m0/s1. The van der Waals surface area contributed by atoms with Gasteiger partial charge in [0.05, 0.1) is 0 Å². The molecule has 0 aliphatic carbocycles. The third-order valence-electron chi connectivity index (χ3n) is 4.40. The van der Waals surface area contributed by atoms with Crippen molar-refractivity contribution in [3.05, 3.63) is 35.9 Å². The third kappa shape index (κ3) is 5.46. The minimum atomic E-state index is -0.594. The van der Waals surface area contributed by atoms with E-state index in [9.17, 15) is 9.59 Å². The molecule has 1 atom stereocenters. The molecule has 1 aliphatic heterocycles. The Hall–Kier alpha value is -2.08. The Morgan fingerprint density at radius 2 is 1.84 bits per heavy atom. The fraction of sp³-hybridized carbons (Fsp3) is 0.579. The molecule has 2 amide bonds. The van der Waals surface area contributed by atoms with Crippen molar-refractivity contribution >= 4 is 12.0 Å². The molecule has 1 N–H and O–H groups in total. The Bertz CT molecular complexity index is 556. The van der Waals surface area contributed by atoms with Crippen molar-refractivity contribution in [2.75, 3.05) is 19.6 Å². The maximum absolute atomic E-state index is 12.9. The summed E-state index contributed by atoms with van der Waals surface area (Å²) in [6, 6.07) is 8.89. The second-order valence-corrected chi connectivity index (χ2v) is 6.64. The number of rotatable bonds is 7. The first kappa shape index (κ1) is 19.2. The van der Waals surface area contributed by atoms with Gasteiger partial charge >= 0.3 is 6.09 Å². The molecule has 1 aliphatic rings. The second-order valence-electron chi connectivity index (χ2n) is 6.64. The van der Waals surface area contributed by atoms with Crippen molar-refractivity contribution < 1.29 is 14.3 Å². The number of hydrazine groups is 1. The van der Waals surface area contributed by atoms with E-state index in [4.69, 9.17) is 4.74 Å². The number of likely N-dealkylation sites (N-methyl/N-ethyl adjacent to an activating group) is 1. The van der Waals surface area contributed by atoms with Gasteiger partial charge in [0.2, 0.25) is 0 Å². The normalized spacial score (nSPS) is 15.8. The van der Waals surface area contributed by atoms with Crippen LogP contribution < -0.4 is 5.32 Å². The van der Waals surface area contributed by atoms with Crippen LogP contribution in [0.2, 0.25) is 0 Å². The second kappa shape index (κ2) is 9.42. The number of nitrogens with zero attached hydrogens (tertiary/aromatic N) is 2. The molecule has 0 radical (unpaired) electrons. The molecule has 6 heteroatoms. The van der Waals surface area contributed by atoms with Gasteiger partial charge in [0.15, 0.2) is 0 Å². The van der Waals surface area contributed by atoms with Crippen LogP contribution in [0.15, 0.2) is 30.3 Å². The molecule has 0 saturated carbocycles. The van der Waals surface area contributed by atoms with E-state index in [1.165, 1.54) is 0 Å². The van der Waals surface area contributed by atoms with Crippen LogP contribution in [0.4, 0.5) is 4.79 Å². The minimum absolute atomic E-state index is 0.0200. The number of nitrogens with one attached hydrogen (secondary N) is 1. The van der Waals surface area contributed by atoms with Crippen LogP contribution in [-0.2, 0) is 16.1 Å². The Morgan fingerprint density at radius 3 is 2.40 bits per heavy atom. The van der Waals surface area contributed by atoms with E-state index in [-0.39, 0.29) is 18.4 Å². The fourth-order valence-electron chi connectivity index (χ4n) is 3.00. The monoisotopic (exact) mass is 347 g/mol. The number of carbonyl (C=O) groups is 2. The van der Waals surface area contributed by atoms with Crippen LogP contribution in [0.25, 0.3) is 0 Å². The Balaban J connectivity index is 1.94. The number of hydrogen-bond donors (Lipinski definition) is 1. The molecular weight excluding hydrogens is 318 g/mol. The van der Waals surface area contributed by atoms with Crippen molar-refractivity contribution in [1.29, 1.82) is 0 Å². The van der Waals surface area contributed by atoms with Gasteiger partial charge in [-0.25, -0.2) is 9.80 Å². The molecular formula is C19H29N3O3. The predicted octanol–water partition coefficient (Wildman–Crippen LogP) is 2.80. The summed E-state index contributed by atoms with van der Waals surface area (Å²) in [7, 11) is 0. The van der Waals surface area contributed by atoms with Crippen molar-refractivity contribution in [2.45, 2.75) is 46.3 Å². The zero-order chi connectivity index (χ0) is 18.2. The van der Waals surface area contributed by atoms with Crippen molar-refractivity contribution in [2.24, 2.45) is 5.92 Å². The van der Waals surface area contributed by atoms with Gasteiger partial charge in [-0.15, -0.1) is 0 Å².